The lowest BCUT2D eigenvalue weighted by Gasteiger charge is -2.32. The van der Waals surface area contributed by atoms with E-state index in [0.717, 1.165) is 12.8 Å². The van der Waals surface area contributed by atoms with E-state index in [2.05, 4.69) is 10.1 Å². The Kier molecular flexibility index (Phi) is 4.81. The molecule has 1 atom stereocenters. The molecule has 0 bridgehead atoms. The van der Waals surface area contributed by atoms with Crippen molar-refractivity contribution in [3.05, 3.63) is 0 Å². The normalized spacial score (nSPS) is 20.2. The highest BCUT2D eigenvalue weighted by Crippen LogP contribution is 2.12. The molecule has 0 aliphatic carbocycles. The number of hydrogen-bond acceptors (Lipinski definition) is 4. The van der Waals surface area contributed by atoms with E-state index in [-0.39, 0.29) is 12.1 Å². The van der Waals surface area contributed by atoms with E-state index in [4.69, 9.17) is 4.74 Å². The van der Waals surface area contributed by atoms with Crippen LogP contribution in [-0.2, 0) is 9.47 Å². The average molecular weight is 258 g/mol. The number of methoxy groups -OCH3 is 1. The van der Waals surface area contributed by atoms with Crippen LogP contribution in [0.25, 0.3) is 0 Å². The molecule has 1 aliphatic rings. The van der Waals surface area contributed by atoms with Crippen molar-refractivity contribution in [2.75, 3.05) is 20.2 Å². The van der Waals surface area contributed by atoms with Gasteiger partial charge in [-0.1, -0.05) is 0 Å². The van der Waals surface area contributed by atoms with Crippen molar-refractivity contribution in [1.29, 1.82) is 0 Å². The first-order chi connectivity index (χ1) is 8.31. The molecule has 104 valence electrons. The minimum atomic E-state index is -0.513. The Hall–Kier alpha value is -1.46. The summed E-state index contributed by atoms with van der Waals surface area (Å²) in [6.07, 6.45) is 0.882. The second-order valence-corrected chi connectivity index (χ2v) is 5.40. The SMILES string of the molecule is COC(=O)N1CCC[C@H](NC(=O)OC(C)(C)C)C1. The molecule has 1 fully saturated rings. The topological polar surface area (TPSA) is 67.9 Å². The minimum absolute atomic E-state index is 0.0762. The number of amides is 2. The minimum Gasteiger partial charge on any atom is -0.453 e. The Balaban J connectivity index is 2.43. The molecule has 6 nitrogen and oxygen atoms in total. The molecule has 0 aromatic carbocycles. The third-order valence-corrected chi connectivity index (χ3v) is 2.58. The predicted octanol–water partition coefficient (Wildman–Crippen LogP) is 1.74. The standard InChI is InChI=1S/C12H22N2O4/c1-12(2,3)18-10(15)13-9-6-5-7-14(8-9)11(16)17-4/h9H,5-8H2,1-4H3,(H,13,15)/t9-/m0/s1. The number of alkyl carbamates (subject to hydrolysis) is 1. The van der Waals surface area contributed by atoms with Gasteiger partial charge in [0.15, 0.2) is 0 Å². The van der Waals surface area contributed by atoms with Crippen LogP contribution in [0.15, 0.2) is 0 Å². The zero-order valence-corrected chi connectivity index (χ0v) is 11.5. The van der Waals surface area contributed by atoms with Crippen LogP contribution < -0.4 is 5.32 Å². The van der Waals surface area contributed by atoms with Crippen molar-refractivity contribution in [2.45, 2.75) is 45.3 Å². The molecular weight excluding hydrogens is 236 g/mol. The van der Waals surface area contributed by atoms with Crippen LogP contribution in [0, 0.1) is 0 Å². The van der Waals surface area contributed by atoms with Crippen LogP contribution in [0.1, 0.15) is 33.6 Å². The maximum atomic E-state index is 11.6. The van der Waals surface area contributed by atoms with E-state index in [1.165, 1.54) is 7.11 Å². The summed E-state index contributed by atoms with van der Waals surface area (Å²) in [6.45, 7) is 6.57. The van der Waals surface area contributed by atoms with Gasteiger partial charge in [0.2, 0.25) is 0 Å². The Morgan fingerprint density at radius 2 is 2.00 bits per heavy atom. The summed E-state index contributed by atoms with van der Waals surface area (Å²) in [5, 5.41) is 2.77. The first-order valence-electron chi connectivity index (χ1n) is 6.14. The summed E-state index contributed by atoms with van der Waals surface area (Å²) in [6, 6.07) is -0.0762. The van der Waals surface area contributed by atoms with Crippen LogP contribution >= 0.6 is 0 Å². The van der Waals surface area contributed by atoms with Gasteiger partial charge >= 0.3 is 12.2 Å². The van der Waals surface area contributed by atoms with Crippen LogP contribution in [0.4, 0.5) is 9.59 Å². The number of rotatable bonds is 1. The number of hydrogen-bond donors (Lipinski definition) is 1. The van der Waals surface area contributed by atoms with E-state index in [9.17, 15) is 9.59 Å². The predicted molar refractivity (Wildman–Crippen MR) is 66.4 cm³/mol. The van der Waals surface area contributed by atoms with Gasteiger partial charge in [-0.3, -0.25) is 0 Å². The van der Waals surface area contributed by atoms with Crippen LogP contribution in [0.3, 0.4) is 0 Å². The Bertz CT molecular complexity index is 312. The lowest BCUT2D eigenvalue weighted by atomic mass is 10.1. The molecule has 2 amide bonds. The summed E-state index contributed by atoms with van der Waals surface area (Å²) in [5.74, 6) is 0. The fraction of sp³-hybridized carbons (Fsp3) is 0.833. The van der Waals surface area contributed by atoms with Gasteiger partial charge < -0.3 is 19.7 Å². The summed E-state index contributed by atoms with van der Waals surface area (Å²) < 4.78 is 9.84. The molecule has 1 heterocycles. The van der Waals surface area contributed by atoms with Gasteiger partial charge in [0.05, 0.1) is 7.11 Å². The van der Waals surface area contributed by atoms with Crippen LogP contribution in [0.5, 0.6) is 0 Å². The highest BCUT2D eigenvalue weighted by molar-refractivity contribution is 5.69. The molecule has 6 heteroatoms. The quantitative estimate of drug-likeness (QED) is 0.778. The summed E-state index contributed by atoms with van der Waals surface area (Å²) >= 11 is 0. The van der Waals surface area contributed by atoms with Crippen molar-refractivity contribution in [1.82, 2.24) is 10.2 Å². The molecule has 1 aliphatic heterocycles. The number of likely N-dealkylation sites (tertiary alicyclic amines) is 1. The molecule has 0 aromatic heterocycles. The second kappa shape index (κ2) is 5.93. The first kappa shape index (κ1) is 14.6. The van der Waals surface area contributed by atoms with Crippen LogP contribution in [0.2, 0.25) is 0 Å². The van der Waals surface area contributed by atoms with Crippen molar-refractivity contribution in [3.63, 3.8) is 0 Å². The molecule has 1 rings (SSSR count). The molecular formula is C12H22N2O4. The number of nitrogens with one attached hydrogen (secondary N) is 1. The van der Waals surface area contributed by atoms with E-state index >= 15 is 0 Å². The molecule has 1 N–H and O–H groups in total. The zero-order valence-electron chi connectivity index (χ0n) is 11.5. The molecule has 0 radical (unpaired) electrons. The van der Waals surface area contributed by atoms with Gasteiger partial charge in [0.25, 0.3) is 0 Å². The average Bonchev–Trinajstić information content (AvgIpc) is 2.25. The first-order valence-corrected chi connectivity index (χ1v) is 6.14. The maximum absolute atomic E-state index is 11.6. The van der Waals surface area contributed by atoms with E-state index in [0.29, 0.717) is 13.1 Å². The highest BCUT2D eigenvalue weighted by Gasteiger charge is 2.26. The van der Waals surface area contributed by atoms with Crippen molar-refractivity contribution in [3.8, 4) is 0 Å². The molecule has 0 unspecified atom stereocenters. The van der Waals surface area contributed by atoms with Crippen LogP contribution in [-0.4, -0.2) is 48.9 Å². The Labute approximate surface area is 108 Å². The number of carbonyl (C=O) groups is 2. The van der Waals surface area contributed by atoms with E-state index in [1.54, 1.807) is 4.90 Å². The lowest BCUT2D eigenvalue weighted by Crippen LogP contribution is -2.50. The molecule has 0 aromatic rings. The second-order valence-electron chi connectivity index (χ2n) is 5.40. The monoisotopic (exact) mass is 258 g/mol. The van der Waals surface area contributed by atoms with Gasteiger partial charge in [-0.25, -0.2) is 9.59 Å². The van der Waals surface area contributed by atoms with Gasteiger partial charge in [0.1, 0.15) is 5.60 Å². The lowest BCUT2D eigenvalue weighted by molar-refractivity contribution is 0.0464. The van der Waals surface area contributed by atoms with E-state index in [1.807, 2.05) is 20.8 Å². The third-order valence-electron chi connectivity index (χ3n) is 2.58. The largest absolute Gasteiger partial charge is 0.453 e. The van der Waals surface area contributed by atoms with Gasteiger partial charge in [-0.15, -0.1) is 0 Å². The number of nitrogens with zero attached hydrogens (tertiary/aromatic N) is 1. The van der Waals surface area contributed by atoms with Gasteiger partial charge in [-0.2, -0.15) is 0 Å². The molecule has 0 spiro atoms. The Morgan fingerprint density at radius 1 is 1.33 bits per heavy atom. The molecule has 1 saturated heterocycles. The number of ether oxygens (including phenoxy) is 2. The van der Waals surface area contributed by atoms with Crippen molar-refractivity contribution in [2.24, 2.45) is 0 Å². The zero-order chi connectivity index (χ0) is 13.8. The molecule has 0 saturated carbocycles. The van der Waals surface area contributed by atoms with Gasteiger partial charge in [-0.05, 0) is 33.6 Å². The summed E-state index contributed by atoms with van der Waals surface area (Å²) in [5.41, 5.74) is -0.513. The Morgan fingerprint density at radius 3 is 2.56 bits per heavy atom. The number of carbonyl (C=O) groups excluding carboxylic acids is 2. The van der Waals surface area contributed by atoms with Crippen molar-refractivity contribution >= 4 is 12.2 Å². The fourth-order valence-corrected chi connectivity index (χ4v) is 1.86. The van der Waals surface area contributed by atoms with Gasteiger partial charge in [0, 0.05) is 19.1 Å². The fourth-order valence-electron chi connectivity index (χ4n) is 1.86. The smallest absolute Gasteiger partial charge is 0.409 e. The third kappa shape index (κ3) is 4.81. The summed E-state index contributed by atoms with van der Waals surface area (Å²) in [7, 11) is 1.35. The molecule has 18 heavy (non-hydrogen) atoms. The van der Waals surface area contributed by atoms with Crippen molar-refractivity contribution < 1.29 is 19.1 Å². The highest BCUT2D eigenvalue weighted by atomic mass is 16.6. The maximum Gasteiger partial charge on any atom is 0.409 e. The van der Waals surface area contributed by atoms with E-state index < -0.39 is 11.7 Å². The number of piperidine rings is 1. The summed E-state index contributed by atoms with van der Waals surface area (Å²) in [4.78, 5) is 24.6.